The van der Waals surface area contributed by atoms with Gasteiger partial charge in [-0.3, -0.25) is 10.1 Å². The third-order valence-corrected chi connectivity index (χ3v) is 4.19. The first-order valence-electron chi connectivity index (χ1n) is 5.70. The van der Waals surface area contributed by atoms with Crippen molar-refractivity contribution >= 4 is 40.5 Å². The number of nitrogens with zero attached hydrogens (tertiary/aromatic N) is 2. The summed E-state index contributed by atoms with van der Waals surface area (Å²) in [4.78, 5) is 19.0. The molecule has 2 aromatic rings. The summed E-state index contributed by atoms with van der Waals surface area (Å²) in [6, 6.07) is 0.941. The summed E-state index contributed by atoms with van der Waals surface area (Å²) in [5.74, 6) is -0.944. The molecule has 8 heteroatoms. The van der Waals surface area contributed by atoms with Crippen LogP contribution in [0.5, 0.6) is 0 Å². The van der Waals surface area contributed by atoms with Gasteiger partial charge in [0, 0.05) is 30.9 Å². The third kappa shape index (κ3) is 4.14. The Morgan fingerprint density at radius 1 is 1.40 bits per heavy atom. The first-order chi connectivity index (χ1) is 9.56. The standard InChI is InChI=1S/C12H11Cl2N3O2S/c13-10-2-8(11(14)20-10)1-9(12(18)19)17-5-7-3-15-6-16-4-7/h2-4,6,9,17H,1,5H2,(H,18,19). The maximum Gasteiger partial charge on any atom is 0.321 e. The summed E-state index contributed by atoms with van der Waals surface area (Å²) >= 11 is 13.1. The molecule has 2 aromatic heterocycles. The maximum atomic E-state index is 11.3. The first kappa shape index (κ1) is 15.2. The van der Waals surface area contributed by atoms with Gasteiger partial charge in [-0.05, 0) is 11.6 Å². The molecular formula is C12H11Cl2N3O2S. The average molecular weight is 332 g/mol. The van der Waals surface area contributed by atoms with Crippen molar-refractivity contribution < 1.29 is 9.90 Å². The van der Waals surface area contributed by atoms with Crippen LogP contribution in [-0.2, 0) is 17.8 Å². The van der Waals surface area contributed by atoms with Crippen molar-refractivity contribution in [3.05, 3.63) is 44.6 Å². The second-order valence-corrected chi connectivity index (χ2v) is 6.36. The van der Waals surface area contributed by atoms with Crippen molar-refractivity contribution in [2.45, 2.75) is 19.0 Å². The van der Waals surface area contributed by atoms with Crippen LogP contribution in [0.4, 0.5) is 0 Å². The maximum absolute atomic E-state index is 11.3. The van der Waals surface area contributed by atoms with Gasteiger partial charge in [0.2, 0.25) is 0 Å². The van der Waals surface area contributed by atoms with E-state index in [1.807, 2.05) is 0 Å². The zero-order chi connectivity index (χ0) is 14.5. The Kier molecular flexibility index (Phi) is 5.31. The number of thiophene rings is 1. The van der Waals surface area contributed by atoms with E-state index in [0.29, 0.717) is 15.2 Å². The molecule has 0 aliphatic carbocycles. The van der Waals surface area contributed by atoms with Crippen LogP contribution < -0.4 is 5.32 Å². The van der Waals surface area contributed by atoms with Gasteiger partial charge < -0.3 is 5.11 Å². The number of carboxylic acid groups (broad SMARTS) is 1. The molecule has 0 fully saturated rings. The third-order valence-electron chi connectivity index (χ3n) is 2.62. The fourth-order valence-electron chi connectivity index (χ4n) is 1.64. The second kappa shape index (κ2) is 6.99. The van der Waals surface area contributed by atoms with Gasteiger partial charge in [-0.25, -0.2) is 9.97 Å². The Hall–Kier alpha value is -1.21. The second-order valence-electron chi connectivity index (χ2n) is 4.07. The van der Waals surface area contributed by atoms with Crippen LogP contribution in [0.1, 0.15) is 11.1 Å². The highest BCUT2D eigenvalue weighted by Crippen LogP contribution is 2.31. The number of aromatic nitrogens is 2. The van der Waals surface area contributed by atoms with Crippen LogP contribution >= 0.6 is 34.5 Å². The molecule has 0 aliphatic heterocycles. The molecular weight excluding hydrogens is 321 g/mol. The molecule has 0 bridgehead atoms. The van der Waals surface area contributed by atoms with E-state index in [2.05, 4.69) is 15.3 Å². The molecule has 0 aromatic carbocycles. The molecule has 1 atom stereocenters. The fraction of sp³-hybridized carbons (Fsp3) is 0.250. The fourth-order valence-corrected chi connectivity index (χ4v) is 3.15. The summed E-state index contributed by atoms with van der Waals surface area (Å²) in [5, 5.41) is 12.2. The van der Waals surface area contributed by atoms with E-state index >= 15 is 0 Å². The lowest BCUT2D eigenvalue weighted by molar-refractivity contribution is -0.139. The molecule has 20 heavy (non-hydrogen) atoms. The Morgan fingerprint density at radius 3 is 2.65 bits per heavy atom. The number of rotatable bonds is 6. The van der Waals surface area contributed by atoms with Crippen LogP contribution in [0.25, 0.3) is 0 Å². The van der Waals surface area contributed by atoms with Crippen LogP contribution in [0, 0.1) is 0 Å². The normalized spacial score (nSPS) is 12.3. The number of aliphatic carboxylic acids is 1. The van der Waals surface area contributed by atoms with Crippen LogP contribution in [0.2, 0.25) is 8.67 Å². The van der Waals surface area contributed by atoms with Crippen molar-refractivity contribution in [1.29, 1.82) is 0 Å². The van der Waals surface area contributed by atoms with E-state index in [-0.39, 0.29) is 6.42 Å². The topological polar surface area (TPSA) is 75.1 Å². The number of hydrogen-bond acceptors (Lipinski definition) is 5. The molecule has 5 nitrogen and oxygen atoms in total. The van der Waals surface area contributed by atoms with Crippen molar-refractivity contribution in [1.82, 2.24) is 15.3 Å². The SMILES string of the molecule is O=C(O)C(Cc1cc(Cl)sc1Cl)NCc1cncnc1. The summed E-state index contributed by atoms with van der Waals surface area (Å²) in [6.07, 6.45) is 4.96. The molecule has 0 saturated heterocycles. The number of hydrogen-bond donors (Lipinski definition) is 2. The summed E-state index contributed by atoms with van der Waals surface area (Å²) in [6.45, 7) is 0.368. The molecule has 0 aliphatic rings. The largest absolute Gasteiger partial charge is 0.480 e. The molecule has 2 heterocycles. The van der Waals surface area contributed by atoms with Crippen molar-refractivity contribution in [2.75, 3.05) is 0 Å². The van der Waals surface area contributed by atoms with Gasteiger partial charge in [0.25, 0.3) is 0 Å². The van der Waals surface area contributed by atoms with Gasteiger partial charge in [0.05, 0.1) is 8.67 Å². The van der Waals surface area contributed by atoms with Crippen LogP contribution in [-0.4, -0.2) is 27.1 Å². The van der Waals surface area contributed by atoms with E-state index in [4.69, 9.17) is 23.2 Å². The van der Waals surface area contributed by atoms with Gasteiger partial charge in [-0.1, -0.05) is 23.2 Å². The molecule has 0 radical (unpaired) electrons. The van der Waals surface area contributed by atoms with Gasteiger partial charge >= 0.3 is 5.97 Å². The number of halogens is 2. The van der Waals surface area contributed by atoms with E-state index in [9.17, 15) is 9.90 Å². The molecule has 106 valence electrons. The zero-order valence-electron chi connectivity index (χ0n) is 10.2. The zero-order valence-corrected chi connectivity index (χ0v) is 12.5. The summed E-state index contributed by atoms with van der Waals surface area (Å²) in [5.41, 5.74) is 1.54. The van der Waals surface area contributed by atoms with Crippen molar-refractivity contribution in [3.8, 4) is 0 Å². The minimum Gasteiger partial charge on any atom is -0.480 e. The smallest absolute Gasteiger partial charge is 0.321 e. The lowest BCUT2D eigenvalue weighted by Crippen LogP contribution is -2.38. The van der Waals surface area contributed by atoms with E-state index < -0.39 is 12.0 Å². The summed E-state index contributed by atoms with van der Waals surface area (Å²) in [7, 11) is 0. The predicted octanol–water partition coefficient (Wildman–Crippen LogP) is 2.63. The molecule has 0 amide bonds. The Morgan fingerprint density at radius 2 is 2.10 bits per heavy atom. The predicted molar refractivity (Wildman–Crippen MR) is 78.3 cm³/mol. The quantitative estimate of drug-likeness (QED) is 0.851. The highest BCUT2D eigenvalue weighted by atomic mass is 35.5. The van der Waals surface area contributed by atoms with Crippen LogP contribution in [0.15, 0.2) is 24.8 Å². The highest BCUT2D eigenvalue weighted by molar-refractivity contribution is 7.20. The monoisotopic (exact) mass is 331 g/mol. The lowest BCUT2D eigenvalue weighted by Gasteiger charge is -2.13. The van der Waals surface area contributed by atoms with Crippen molar-refractivity contribution in [3.63, 3.8) is 0 Å². The molecule has 2 N–H and O–H groups in total. The van der Waals surface area contributed by atoms with E-state index in [1.165, 1.54) is 17.7 Å². The molecule has 1 unspecified atom stereocenters. The minimum atomic E-state index is -0.944. The molecule has 0 spiro atoms. The van der Waals surface area contributed by atoms with Crippen LogP contribution in [0.3, 0.4) is 0 Å². The number of carbonyl (C=O) groups is 1. The van der Waals surface area contributed by atoms with Gasteiger partial charge in [-0.15, -0.1) is 11.3 Å². The minimum absolute atomic E-state index is 0.269. The molecule has 2 rings (SSSR count). The average Bonchev–Trinajstić information content (AvgIpc) is 2.73. The number of carboxylic acids is 1. The Labute approximate surface area is 129 Å². The van der Waals surface area contributed by atoms with Gasteiger partial charge in [0.1, 0.15) is 12.4 Å². The van der Waals surface area contributed by atoms with Crippen molar-refractivity contribution in [2.24, 2.45) is 0 Å². The number of nitrogens with one attached hydrogen (secondary N) is 1. The Bertz CT molecular complexity index is 592. The first-order valence-corrected chi connectivity index (χ1v) is 7.27. The van der Waals surface area contributed by atoms with E-state index in [1.54, 1.807) is 18.5 Å². The Balaban J connectivity index is 2.01. The van der Waals surface area contributed by atoms with Gasteiger partial charge in [-0.2, -0.15) is 0 Å². The summed E-state index contributed by atoms with van der Waals surface area (Å²) < 4.78 is 1.07. The lowest BCUT2D eigenvalue weighted by atomic mass is 10.1. The molecule has 0 saturated carbocycles. The van der Waals surface area contributed by atoms with Gasteiger partial charge in [0.15, 0.2) is 0 Å². The highest BCUT2D eigenvalue weighted by Gasteiger charge is 2.20. The van der Waals surface area contributed by atoms with E-state index in [0.717, 1.165) is 11.1 Å².